The molecule has 1 aliphatic rings. The molecule has 1 atom stereocenters. The van der Waals surface area contributed by atoms with E-state index in [2.05, 4.69) is 54.3 Å². The molecule has 0 radical (unpaired) electrons. The maximum atomic E-state index is 13.7. The van der Waals surface area contributed by atoms with Crippen molar-refractivity contribution in [2.45, 2.75) is 26.4 Å². The molecule has 0 N–H and O–H groups in total. The maximum absolute atomic E-state index is 13.7. The Labute approximate surface area is 224 Å². The number of hydrogen-bond acceptors (Lipinski definition) is 4. The number of benzene rings is 3. The van der Waals surface area contributed by atoms with Gasteiger partial charge in [-0.25, -0.2) is 0 Å². The van der Waals surface area contributed by atoms with Gasteiger partial charge in [0.05, 0.1) is 24.8 Å². The molecule has 3 aromatic carbocycles. The van der Waals surface area contributed by atoms with E-state index in [9.17, 15) is 9.59 Å². The molecule has 1 aliphatic heterocycles. The number of ether oxygens (including phenoxy) is 1. The Kier molecular flexibility index (Phi) is 7.72. The lowest BCUT2D eigenvalue weighted by Gasteiger charge is -2.35. The highest BCUT2D eigenvalue weighted by Crippen LogP contribution is 2.26. The van der Waals surface area contributed by atoms with Crippen LogP contribution in [-0.4, -0.2) is 60.2 Å². The molecule has 4 aromatic rings. The number of carbonyl (C=O) groups excluding carboxylic acids is 1. The van der Waals surface area contributed by atoms with Crippen LogP contribution in [0.15, 0.2) is 83.7 Å². The first-order valence-electron chi connectivity index (χ1n) is 13.2. The SMILES string of the molecule is Cc1cc2ccc(=O)n(CC(=O)N(C)C(CN3CCOCC3)c3ccc(-c4ccccc4)cc3)c2cc1C. The summed E-state index contributed by atoms with van der Waals surface area (Å²) in [4.78, 5) is 30.8. The molecular formula is C32H35N3O3. The lowest BCUT2D eigenvalue weighted by molar-refractivity contribution is -0.133. The highest BCUT2D eigenvalue weighted by atomic mass is 16.5. The first kappa shape index (κ1) is 25.9. The number of nitrogens with zero attached hydrogens (tertiary/aromatic N) is 3. The van der Waals surface area contributed by atoms with Gasteiger partial charge in [-0.1, -0.05) is 54.6 Å². The van der Waals surface area contributed by atoms with Crippen molar-refractivity contribution < 1.29 is 9.53 Å². The van der Waals surface area contributed by atoms with Gasteiger partial charge < -0.3 is 9.64 Å². The number of hydrogen-bond donors (Lipinski definition) is 0. The lowest BCUT2D eigenvalue weighted by atomic mass is 9.99. The van der Waals surface area contributed by atoms with E-state index in [1.807, 2.05) is 44.3 Å². The highest BCUT2D eigenvalue weighted by Gasteiger charge is 2.26. The van der Waals surface area contributed by atoms with Gasteiger partial charge >= 0.3 is 0 Å². The van der Waals surface area contributed by atoms with Crippen LogP contribution < -0.4 is 5.56 Å². The Morgan fingerprint density at radius 2 is 1.55 bits per heavy atom. The van der Waals surface area contributed by atoms with E-state index in [4.69, 9.17) is 4.74 Å². The Morgan fingerprint density at radius 3 is 2.26 bits per heavy atom. The fourth-order valence-electron chi connectivity index (χ4n) is 5.15. The van der Waals surface area contributed by atoms with Crippen molar-refractivity contribution in [3.8, 4) is 11.1 Å². The zero-order chi connectivity index (χ0) is 26.6. The van der Waals surface area contributed by atoms with Gasteiger partial charge in [-0.2, -0.15) is 0 Å². The van der Waals surface area contributed by atoms with E-state index >= 15 is 0 Å². The van der Waals surface area contributed by atoms with Crippen LogP contribution in [0.1, 0.15) is 22.7 Å². The molecule has 1 aromatic heterocycles. The normalized spacial score (nSPS) is 14.9. The van der Waals surface area contributed by atoms with Gasteiger partial charge in [0.25, 0.3) is 5.56 Å². The van der Waals surface area contributed by atoms with Gasteiger partial charge in [0, 0.05) is 32.7 Å². The number of pyridine rings is 1. The van der Waals surface area contributed by atoms with E-state index in [1.54, 1.807) is 15.5 Å². The van der Waals surface area contributed by atoms with E-state index < -0.39 is 0 Å². The zero-order valence-electron chi connectivity index (χ0n) is 22.4. The standard InChI is InChI=1S/C32H35N3O3/c1-23-19-28-13-14-31(36)35(29(28)20-24(23)2)22-32(37)33(3)30(21-34-15-17-38-18-16-34)27-11-9-26(10-12-27)25-7-5-4-6-8-25/h4-14,19-20,30H,15-18,21-22H2,1-3H3. The zero-order valence-corrected chi connectivity index (χ0v) is 22.4. The van der Waals surface area contributed by atoms with Crippen molar-refractivity contribution >= 4 is 16.8 Å². The molecule has 0 saturated carbocycles. The fourth-order valence-corrected chi connectivity index (χ4v) is 5.15. The molecule has 6 heteroatoms. The van der Waals surface area contributed by atoms with E-state index in [-0.39, 0.29) is 24.1 Å². The number of aryl methyl sites for hydroxylation is 2. The Balaban J connectivity index is 1.44. The third kappa shape index (κ3) is 5.57. The van der Waals surface area contributed by atoms with Crippen molar-refractivity contribution in [2.75, 3.05) is 39.9 Å². The minimum Gasteiger partial charge on any atom is -0.379 e. The maximum Gasteiger partial charge on any atom is 0.251 e. The minimum absolute atomic E-state index is 0.00309. The van der Waals surface area contributed by atoms with Crippen molar-refractivity contribution in [1.29, 1.82) is 0 Å². The summed E-state index contributed by atoms with van der Waals surface area (Å²) >= 11 is 0. The largest absolute Gasteiger partial charge is 0.379 e. The van der Waals surface area contributed by atoms with E-state index in [0.29, 0.717) is 19.8 Å². The van der Waals surface area contributed by atoms with Crippen LogP contribution in [0, 0.1) is 13.8 Å². The van der Waals surface area contributed by atoms with Crippen LogP contribution in [0.4, 0.5) is 0 Å². The second-order valence-corrected chi connectivity index (χ2v) is 10.2. The summed E-state index contributed by atoms with van der Waals surface area (Å²) in [5.41, 5.74) is 6.26. The number of morpholine rings is 1. The molecule has 1 unspecified atom stereocenters. The first-order chi connectivity index (χ1) is 18.4. The number of aromatic nitrogens is 1. The molecule has 0 bridgehead atoms. The van der Waals surface area contributed by atoms with Crippen LogP contribution in [0.5, 0.6) is 0 Å². The van der Waals surface area contributed by atoms with Gasteiger partial charge in [-0.05, 0) is 65.3 Å². The second-order valence-electron chi connectivity index (χ2n) is 10.2. The van der Waals surface area contributed by atoms with Crippen LogP contribution in [-0.2, 0) is 16.1 Å². The fraction of sp³-hybridized carbons (Fsp3) is 0.312. The van der Waals surface area contributed by atoms with Crippen molar-refractivity contribution in [3.05, 3.63) is 106 Å². The third-order valence-corrected chi connectivity index (χ3v) is 7.70. The van der Waals surface area contributed by atoms with Crippen LogP contribution >= 0.6 is 0 Å². The number of carbonyl (C=O) groups is 1. The Morgan fingerprint density at radius 1 is 0.895 bits per heavy atom. The lowest BCUT2D eigenvalue weighted by Crippen LogP contribution is -2.45. The number of likely N-dealkylation sites (N-methyl/N-ethyl adjacent to an activating group) is 1. The molecule has 0 spiro atoms. The van der Waals surface area contributed by atoms with Gasteiger partial charge in [0.1, 0.15) is 6.54 Å². The van der Waals surface area contributed by atoms with E-state index in [0.717, 1.165) is 51.8 Å². The molecule has 196 valence electrons. The van der Waals surface area contributed by atoms with E-state index in [1.165, 1.54) is 0 Å². The first-order valence-corrected chi connectivity index (χ1v) is 13.2. The molecule has 1 saturated heterocycles. The molecule has 2 heterocycles. The van der Waals surface area contributed by atoms with Crippen LogP contribution in [0.3, 0.4) is 0 Å². The average molecular weight is 510 g/mol. The molecule has 0 aliphatic carbocycles. The number of amides is 1. The van der Waals surface area contributed by atoms with Gasteiger partial charge in [0.2, 0.25) is 5.91 Å². The Hall–Kier alpha value is -3.74. The van der Waals surface area contributed by atoms with Gasteiger partial charge in [-0.3, -0.25) is 19.1 Å². The van der Waals surface area contributed by atoms with Crippen LogP contribution in [0.25, 0.3) is 22.0 Å². The molecule has 5 rings (SSSR count). The molecule has 6 nitrogen and oxygen atoms in total. The number of rotatable bonds is 7. The second kappa shape index (κ2) is 11.3. The highest BCUT2D eigenvalue weighted by molar-refractivity contribution is 5.83. The number of fused-ring (bicyclic) bond motifs is 1. The Bertz CT molecular complexity index is 1470. The summed E-state index contributed by atoms with van der Waals surface area (Å²) in [6.45, 7) is 7.85. The quantitative estimate of drug-likeness (QED) is 0.359. The summed E-state index contributed by atoms with van der Waals surface area (Å²) in [5.74, 6) is -0.0942. The van der Waals surface area contributed by atoms with Gasteiger partial charge in [-0.15, -0.1) is 0 Å². The smallest absolute Gasteiger partial charge is 0.251 e. The average Bonchev–Trinajstić information content (AvgIpc) is 2.95. The molecule has 1 fully saturated rings. The molecule has 38 heavy (non-hydrogen) atoms. The summed E-state index contributed by atoms with van der Waals surface area (Å²) in [5, 5.41) is 0.963. The topological polar surface area (TPSA) is 54.8 Å². The molecule has 1 amide bonds. The third-order valence-electron chi connectivity index (χ3n) is 7.70. The van der Waals surface area contributed by atoms with Crippen LogP contribution in [0.2, 0.25) is 0 Å². The summed E-state index contributed by atoms with van der Waals surface area (Å²) in [6.07, 6.45) is 0. The van der Waals surface area contributed by atoms with Gasteiger partial charge in [0.15, 0.2) is 0 Å². The minimum atomic E-state index is -0.167. The summed E-state index contributed by atoms with van der Waals surface area (Å²) in [6, 6.07) is 26.1. The summed E-state index contributed by atoms with van der Waals surface area (Å²) in [7, 11) is 1.85. The van der Waals surface area contributed by atoms with Crippen molar-refractivity contribution in [2.24, 2.45) is 0 Å². The molecular weight excluding hydrogens is 474 g/mol. The monoisotopic (exact) mass is 509 g/mol. The van der Waals surface area contributed by atoms with Crippen molar-refractivity contribution in [3.63, 3.8) is 0 Å². The van der Waals surface area contributed by atoms with Crippen molar-refractivity contribution in [1.82, 2.24) is 14.4 Å². The summed E-state index contributed by atoms with van der Waals surface area (Å²) < 4.78 is 7.15. The predicted molar refractivity (Wildman–Crippen MR) is 152 cm³/mol. The predicted octanol–water partition coefficient (Wildman–Crippen LogP) is 4.82.